The van der Waals surface area contributed by atoms with Crippen molar-refractivity contribution in [3.8, 4) is 0 Å². The summed E-state index contributed by atoms with van der Waals surface area (Å²) in [7, 11) is 0. The number of ether oxygens (including phenoxy) is 3. The van der Waals surface area contributed by atoms with E-state index in [-0.39, 0.29) is 44.6 Å². The first-order chi connectivity index (χ1) is 19.2. The van der Waals surface area contributed by atoms with Gasteiger partial charge in [0.2, 0.25) is 0 Å². The highest BCUT2D eigenvalue weighted by Crippen LogP contribution is 2.71. The van der Waals surface area contributed by atoms with Crippen molar-refractivity contribution in [2.75, 3.05) is 6.61 Å². The number of hydrogen-bond donors (Lipinski definition) is 7. The van der Waals surface area contributed by atoms with Crippen molar-refractivity contribution in [3.63, 3.8) is 0 Å². The molecule has 0 amide bonds. The van der Waals surface area contributed by atoms with Crippen molar-refractivity contribution in [3.05, 3.63) is 11.6 Å². The zero-order chi connectivity index (χ0) is 29.7. The number of fused-ring (bicyclic) bond motifs is 5. The van der Waals surface area contributed by atoms with Crippen molar-refractivity contribution in [2.24, 2.45) is 28.6 Å². The molecule has 4 aliphatic carbocycles. The molecular formula is C29H42O12. The average molecular weight is 583 g/mol. The van der Waals surface area contributed by atoms with Crippen LogP contribution < -0.4 is 0 Å². The third-order valence-electron chi connectivity index (χ3n) is 12.1. The normalized spacial score (nSPS) is 54.9. The molecule has 5 fully saturated rings. The van der Waals surface area contributed by atoms with E-state index in [1.165, 1.54) is 13.0 Å². The molecule has 6 rings (SSSR count). The number of carboxylic acid groups (broad SMARTS) is 1. The number of carbonyl (C=O) groups is 2. The summed E-state index contributed by atoms with van der Waals surface area (Å²) in [5, 5.41) is 77.5. The largest absolute Gasteiger partial charge is 0.481 e. The van der Waals surface area contributed by atoms with Gasteiger partial charge in [-0.05, 0) is 75.2 Å². The Bertz CT molecular complexity index is 1130. The van der Waals surface area contributed by atoms with Gasteiger partial charge < -0.3 is 50.0 Å². The van der Waals surface area contributed by atoms with Crippen molar-refractivity contribution in [1.29, 1.82) is 0 Å². The summed E-state index contributed by atoms with van der Waals surface area (Å²) in [5.41, 5.74) is -5.05. The zero-order valence-corrected chi connectivity index (χ0v) is 23.4. The number of esters is 1. The third-order valence-corrected chi connectivity index (χ3v) is 12.1. The maximum Gasteiger partial charge on any atom is 0.331 e. The quantitative estimate of drug-likeness (QED) is 0.167. The fourth-order valence-electron chi connectivity index (χ4n) is 9.90. The van der Waals surface area contributed by atoms with Gasteiger partial charge in [-0.2, -0.15) is 0 Å². The molecule has 12 nitrogen and oxygen atoms in total. The Morgan fingerprint density at radius 1 is 1.00 bits per heavy atom. The molecule has 1 saturated heterocycles. The molecule has 4 saturated carbocycles. The number of carbonyl (C=O) groups excluding carboxylic acids is 1. The van der Waals surface area contributed by atoms with Gasteiger partial charge in [-0.1, -0.05) is 6.92 Å². The third kappa shape index (κ3) is 3.88. The molecule has 0 radical (unpaired) electrons. The van der Waals surface area contributed by atoms with E-state index in [4.69, 9.17) is 14.2 Å². The number of aliphatic carboxylic acids is 1. The van der Waals surface area contributed by atoms with Crippen LogP contribution in [0.15, 0.2) is 11.6 Å². The number of rotatable bonds is 4. The Hall–Kier alpha value is -1.64. The van der Waals surface area contributed by atoms with E-state index in [9.17, 15) is 45.3 Å². The van der Waals surface area contributed by atoms with Gasteiger partial charge in [-0.15, -0.1) is 0 Å². The number of hydrogen-bond acceptors (Lipinski definition) is 11. The Kier molecular flexibility index (Phi) is 6.95. The van der Waals surface area contributed by atoms with Crippen molar-refractivity contribution < 1.29 is 59.5 Å². The number of aliphatic hydroxyl groups is 6. The molecule has 0 unspecified atom stereocenters. The molecule has 0 bridgehead atoms. The molecule has 2 heterocycles. The summed E-state index contributed by atoms with van der Waals surface area (Å²) in [6, 6.07) is 0. The van der Waals surface area contributed by atoms with Crippen molar-refractivity contribution in [1.82, 2.24) is 0 Å². The van der Waals surface area contributed by atoms with Gasteiger partial charge in [0.25, 0.3) is 0 Å². The van der Waals surface area contributed by atoms with Crippen LogP contribution in [0, 0.1) is 28.6 Å². The lowest BCUT2D eigenvalue weighted by molar-refractivity contribution is -0.321. The minimum Gasteiger partial charge on any atom is -0.481 e. The van der Waals surface area contributed by atoms with Crippen LogP contribution in [0.2, 0.25) is 0 Å². The second kappa shape index (κ2) is 9.68. The van der Waals surface area contributed by atoms with Crippen LogP contribution in [0.25, 0.3) is 0 Å². The summed E-state index contributed by atoms with van der Waals surface area (Å²) in [4.78, 5) is 25.0. The maximum atomic E-state index is 13.2. The fourth-order valence-corrected chi connectivity index (χ4v) is 9.90. The highest BCUT2D eigenvalue weighted by atomic mass is 16.7. The topological polar surface area (TPSA) is 203 Å². The van der Waals surface area contributed by atoms with Gasteiger partial charge in [0.05, 0.1) is 34.9 Å². The smallest absolute Gasteiger partial charge is 0.331 e. The van der Waals surface area contributed by atoms with E-state index < -0.39 is 88.7 Å². The Morgan fingerprint density at radius 2 is 1.73 bits per heavy atom. The Balaban J connectivity index is 1.28. The monoisotopic (exact) mass is 582 g/mol. The van der Waals surface area contributed by atoms with Crippen molar-refractivity contribution >= 4 is 11.9 Å². The highest BCUT2D eigenvalue weighted by molar-refractivity contribution is 5.85. The van der Waals surface area contributed by atoms with Gasteiger partial charge in [-0.3, -0.25) is 4.79 Å². The van der Waals surface area contributed by atoms with Gasteiger partial charge in [-0.25, -0.2) is 4.79 Å². The predicted octanol–water partition coefficient (Wildman–Crippen LogP) is -0.393. The van der Waals surface area contributed by atoms with Gasteiger partial charge in [0.15, 0.2) is 6.29 Å². The first-order valence-electron chi connectivity index (χ1n) is 14.8. The van der Waals surface area contributed by atoms with Crippen LogP contribution in [-0.2, 0) is 23.8 Å². The van der Waals surface area contributed by atoms with E-state index in [0.717, 1.165) is 5.57 Å². The lowest BCUT2D eigenvalue weighted by Gasteiger charge is -2.66. The number of aliphatic hydroxyl groups excluding tert-OH is 4. The van der Waals surface area contributed by atoms with E-state index >= 15 is 0 Å². The standard InChI is InChI=1S/C29H42O12/c1-13-21(32)22(33)23(34)24(40-13)41-15-3-7-28(25(35)36)18-10-19(30)26(2)16(14-9-20(31)39-12-14)5-8-29(26,38)17(18)4-6-27(28,37)11-15/h9,13,15-19,21-24,30,32-34,37-38H,3-8,10-12H2,1-2H3,(H,35,36)/t13-,15+,16-,17-,18+,19-,21-,22-,23-,24+,26+,27+,28-,29+/m1/s1. The minimum absolute atomic E-state index is 0.0185. The molecule has 0 aromatic carbocycles. The lowest BCUT2D eigenvalue weighted by atomic mass is 9.40. The summed E-state index contributed by atoms with van der Waals surface area (Å²) >= 11 is 0. The molecule has 6 aliphatic rings. The van der Waals surface area contributed by atoms with E-state index in [0.29, 0.717) is 19.3 Å². The van der Waals surface area contributed by atoms with Gasteiger partial charge in [0.1, 0.15) is 24.9 Å². The average Bonchev–Trinajstić information content (AvgIpc) is 3.46. The molecule has 0 aromatic rings. The van der Waals surface area contributed by atoms with E-state index in [1.54, 1.807) is 0 Å². The maximum absolute atomic E-state index is 13.2. The second-order valence-corrected chi connectivity index (χ2v) is 13.6. The van der Waals surface area contributed by atoms with E-state index in [2.05, 4.69) is 0 Å². The van der Waals surface area contributed by atoms with Crippen molar-refractivity contribution in [2.45, 2.75) is 119 Å². The molecule has 14 atom stereocenters. The predicted molar refractivity (Wildman–Crippen MR) is 138 cm³/mol. The van der Waals surface area contributed by atoms with Gasteiger partial charge >= 0.3 is 11.9 Å². The first-order valence-corrected chi connectivity index (χ1v) is 14.8. The molecule has 230 valence electrons. The first kappa shape index (κ1) is 29.4. The molecule has 0 spiro atoms. The second-order valence-electron chi connectivity index (χ2n) is 13.6. The Morgan fingerprint density at radius 3 is 2.39 bits per heavy atom. The van der Waals surface area contributed by atoms with Crippen LogP contribution in [0.4, 0.5) is 0 Å². The Labute approximate surface area is 237 Å². The van der Waals surface area contributed by atoms with Crippen LogP contribution >= 0.6 is 0 Å². The highest BCUT2D eigenvalue weighted by Gasteiger charge is 2.75. The molecule has 0 aromatic heterocycles. The number of carboxylic acids is 1. The van der Waals surface area contributed by atoms with Crippen LogP contribution in [0.1, 0.15) is 65.2 Å². The van der Waals surface area contributed by atoms with Crippen LogP contribution in [0.5, 0.6) is 0 Å². The fraction of sp³-hybridized carbons (Fsp3) is 0.862. The summed E-state index contributed by atoms with van der Waals surface area (Å²) in [6.07, 6.45) is -5.17. The van der Waals surface area contributed by atoms with Crippen LogP contribution in [0.3, 0.4) is 0 Å². The molecular weight excluding hydrogens is 540 g/mol. The summed E-state index contributed by atoms with van der Waals surface area (Å²) < 4.78 is 16.7. The molecule has 7 N–H and O–H groups in total. The van der Waals surface area contributed by atoms with Gasteiger partial charge in [0, 0.05) is 17.9 Å². The molecule has 12 heteroatoms. The summed E-state index contributed by atoms with van der Waals surface area (Å²) in [6.45, 7) is 3.48. The SMILES string of the molecule is C[C@H]1O[C@@H](O[C@H]2CC[C@]3(C(=O)O)[C@H]4C[C@@H](O)[C@]5(C)[C@@H](C6=CC(=O)OC6)CC[C@]5(O)[C@@H]4CC[C@]3(O)C2)[C@H](O)[C@H](O)[C@@H]1O. The van der Waals surface area contributed by atoms with Crippen LogP contribution in [-0.4, -0.2) is 108 Å². The summed E-state index contributed by atoms with van der Waals surface area (Å²) in [5.74, 6) is -3.12. The zero-order valence-electron chi connectivity index (χ0n) is 23.4. The molecule has 41 heavy (non-hydrogen) atoms. The molecule has 2 aliphatic heterocycles. The lowest BCUT2D eigenvalue weighted by Crippen LogP contribution is -2.73. The minimum atomic E-state index is -1.72. The number of cyclic esters (lactones) is 1. The van der Waals surface area contributed by atoms with E-state index in [1.807, 2.05) is 6.92 Å².